The molecule has 0 aromatic carbocycles. The molecule has 0 aromatic rings. The molecule has 0 fully saturated rings. The summed E-state index contributed by atoms with van der Waals surface area (Å²) in [6.07, 6.45) is 2.44. The third kappa shape index (κ3) is 7.04. The zero-order chi connectivity index (χ0) is 12.6. The third-order valence-electron chi connectivity index (χ3n) is 1.89. The first-order chi connectivity index (χ1) is 7.38. The van der Waals surface area contributed by atoms with Crippen molar-refractivity contribution in [2.75, 3.05) is 13.2 Å². The van der Waals surface area contributed by atoms with Gasteiger partial charge >= 0.3 is 5.97 Å². The topological polar surface area (TPSA) is 55.4 Å². The minimum Gasteiger partial charge on any atom is -0.461 e. The van der Waals surface area contributed by atoms with E-state index >= 15 is 0 Å². The van der Waals surface area contributed by atoms with Crippen LogP contribution in [-0.2, 0) is 14.3 Å². The minimum atomic E-state index is -0.386. The second-order valence-corrected chi connectivity index (χ2v) is 4.58. The molecule has 1 N–H and O–H groups in total. The van der Waals surface area contributed by atoms with Crippen molar-refractivity contribution in [1.29, 1.82) is 0 Å². The lowest BCUT2D eigenvalue weighted by Crippen LogP contribution is -2.35. The zero-order valence-corrected chi connectivity index (χ0v) is 10.3. The highest BCUT2D eigenvalue weighted by Gasteiger charge is 2.20. The standard InChI is InChI=1S/C12H21NO3/c1-5-9-16-10(14)7-6-8-13-11(15)12(2,3)4/h5H,1,6-9H2,2-4H3,(H,13,15). The molecule has 0 atom stereocenters. The van der Waals surface area contributed by atoms with Crippen molar-refractivity contribution in [3.8, 4) is 0 Å². The van der Waals surface area contributed by atoms with E-state index in [0.29, 0.717) is 19.4 Å². The Hall–Kier alpha value is -1.32. The van der Waals surface area contributed by atoms with Crippen molar-refractivity contribution in [2.24, 2.45) is 5.41 Å². The Labute approximate surface area is 97.1 Å². The number of esters is 1. The first kappa shape index (κ1) is 14.7. The van der Waals surface area contributed by atoms with Crippen LogP contribution in [0.25, 0.3) is 0 Å². The highest BCUT2D eigenvalue weighted by atomic mass is 16.5. The molecule has 4 nitrogen and oxygen atoms in total. The lowest BCUT2D eigenvalue weighted by molar-refractivity contribution is -0.142. The number of hydrogen-bond donors (Lipinski definition) is 1. The lowest BCUT2D eigenvalue weighted by atomic mass is 9.96. The molecule has 0 saturated carbocycles. The van der Waals surface area contributed by atoms with Gasteiger partial charge in [-0.3, -0.25) is 9.59 Å². The van der Waals surface area contributed by atoms with Gasteiger partial charge in [0.2, 0.25) is 5.91 Å². The summed E-state index contributed by atoms with van der Waals surface area (Å²) < 4.78 is 4.80. The van der Waals surface area contributed by atoms with Crippen molar-refractivity contribution in [3.63, 3.8) is 0 Å². The van der Waals surface area contributed by atoms with Gasteiger partial charge in [0.25, 0.3) is 0 Å². The minimum absolute atomic E-state index is 0.00745. The van der Waals surface area contributed by atoms with Crippen LogP contribution in [0.1, 0.15) is 33.6 Å². The number of rotatable bonds is 6. The van der Waals surface area contributed by atoms with Crippen LogP contribution in [0, 0.1) is 5.41 Å². The Kier molecular flexibility index (Phi) is 6.46. The van der Waals surface area contributed by atoms with Crippen LogP contribution in [0.2, 0.25) is 0 Å². The van der Waals surface area contributed by atoms with Crippen molar-refractivity contribution in [1.82, 2.24) is 5.32 Å². The second kappa shape index (κ2) is 7.04. The van der Waals surface area contributed by atoms with E-state index in [2.05, 4.69) is 11.9 Å². The number of amides is 1. The van der Waals surface area contributed by atoms with Gasteiger partial charge in [-0.15, -0.1) is 0 Å². The number of carbonyl (C=O) groups excluding carboxylic acids is 2. The number of nitrogens with one attached hydrogen (secondary N) is 1. The Bertz CT molecular complexity index is 253. The van der Waals surface area contributed by atoms with Crippen LogP contribution in [0.4, 0.5) is 0 Å². The molecule has 92 valence electrons. The molecule has 0 bridgehead atoms. The predicted octanol–water partition coefficient (Wildman–Crippen LogP) is 1.66. The molecular formula is C12H21NO3. The molecule has 16 heavy (non-hydrogen) atoms. The fraction of sp³-hybridized carbons (Fsp3) is 0.667. The van der Waals surface area contributed by atoms with Crippen LogP contribution in [-0.4, -0.2) is 25.0 Å². The summed E-state index contributed by atoms with van der Waals surface area (Å²) >= 11 is 0. The van der Waals surface area contributed by atoms with E-state index < -0.39 is 0 Å². The van der Waals surface area contributed by atoms with E-state index in [1.807, 2.05) is 20.8 Å². The predicted molar refractivity (Wildman–Crippen MR) is 62.9 cm³/mol. The second-order valence-electron chi connectivity index (χ2n) is 4.58. The maximum Gasteiger partial charge on any atom is 0.306 e. The Balaban J connectivity index is 3.57. The zero-order valence-electron chi connectivity index (χ0n) is 10.3. The Morgan fingerprint density at radius 1 is 1.38 bits per heavy atom. The number of carbonyl (C=O) groups is 2. The van der Waals surface area contributed by atoms with Gasteiger partial charge in [0.15, 0.2) is 0 Å². The van der Waals surface area contributed by atoms with Crippen LogP contribution in [0.5, 0.6) is 0 Å². The summed E-state index contributed by atoms with van der Waals surface area (Å²) in [6, 6.07) is 0. The fourth-order valence-corrected chi connectivity index (χ4v) is 0.924. The van der Waals surface area contributed by atoms with E-state index in [1.165, 1.54) is 6.08 Å². The van der Waals surface area contributed by atoms with Crippen molar-refractivity contribution in [3.05, 3.63) is 12.7 Å². The molecule has 0 aliphatic rings. The maximum atomic E-state index is 11.4. The molecule has 4 heteroatoms. The number of hydrogen-bond acceptors (Lipinski definition) is 3. The Morgan fingerprint density at radius 2 is 2.00 bits per heavy atom. The molecule has 0 radical (unpaired) electrons. The summed E-state index contributed by atoms with van der Waals surface area (Å²) in [5, 5.41) is 2.77. The third-order valence-corrected chi connectivity index (χ3v) is 1.89. The molecule has 0 rings (SSSR count). The molecule has 0 saturated heterocycles. The number of ether oxygens (including phenoxy) is 1. The van der Waals surface area contributed by atoms with E-state index in [0.717, 1.165) is 0 Å². The highest BCUT2D eigenvalue weighted by molar-refractivity contribution is 5.81. The average Bonchev–Trinajstić information content (AvgIpc) is 2.19. The van der Waals surface area contributed by atoms with Gasteiger partial charge < -0.3 is 10.1 Å². The molecule has 0 aliphatic carbocycles. The quantitative estimate of drug-likeness (QED) is 0.426. The van der Waals surface area contributed by atoms with E-state index in [1.54, 1.807) is 0 Å². The summed E-state index contributed by atoms with van der Waals surface area (Å²) in [5.74, 6) is -0.267. The van der Waals surface area contributed by atoms with Crippen LogP contribution < -0.4 is 5.32 Å². The van der Waals surface area contributed by atoms with Crippen molar-refractivity contribution in [2.45, 2.75) is 33.6 Å². The lowest BCUT2D eigenvalue weighted by Gasteiger charge is -2.17. The van der Waals surface area contributed by atoms with Gasteiger partial charge in [-0.05, 0) is 6.42 Å². The smallest absolute Gasteiger partial charge is 0.306 e. The normalized spacial score (nSPS) is 10.7. The van der Waals surface area contributed by atoms with Gasteiger partial charge in [-0.1, -0.05) is 33.4 Å². The van der Waals surface area contributed by atoms with Gasteiger partial charge in [-0.25, -0.2) is 0 Å². The van der Waals surface area contributed by atoms with Gasteiger partial charge in [0.1, 0.15) is 6.61 Å². The van der Waals surface area contributed by atoms with Crippen molar-refractivity contribution >= 4 is 11.9 Å². The van der Waals surface area contributed by atoms with Gasteiger partial charge in [0.05, 0.1) is 0 Å². The maximum absolute atomic E-state index is 11.4. The first-order valence-electron chi connectivity index (χ1n) is 5.42. The fourth-order valence-electron chi connectivity index (χ4n) is 0.924. The van der Waals surface area contributed by atoms with E-state index in [4.69, 9.17) is 4.74 Å². The summed E-state index contributed by atoms with van der Waals surface area (Å²) in [4.78, 5) is 22.5. The molecule has 0 spiro atoms. The molecule has 1 amide bonds. The monoisotopic (exact) mass is 227 g/mol. The average molecular weight is 227 g/mol. The highest BCUT2D eigenvalue weighted by Crippen LogP contribution is 2.12. The molecule has 0 aliphatic heterocycles. The van der Waals surface area contributed by atoms with Crippen molar-refractivity contribution < 1.29 is 14.3 Å². The van der Waals surface area contributed by atoms with Gasteiger partial charge in [0, 0.05) is 18.4 Å². The van der Waals surface area contributed by atoms with Crippen LogP contribution in [0.15, 0.2) is 12.7 Å². The van der Waals surface area contributed by atoms with E-state index in [-0.39, 0.29) is 23.9 Å². The Morgan fingerprint density at radius 3 is 2.50 bits per heavy atom. The van der Waals surface area contributed by atoms with Gasteiger partial charge in [-0.2, -0.15) is 0 Å². The molecule has 0 heterocycles. The summed E-state index contributed by atoms with van der Waals surface area (Å²) in [7, 11) is 0. The summed E-state index contributed by atoms with van der Waals surface area (Å²) in [6.45, 7) is 9.73. The van der Waals surface area contributed by atoms with E-state index in [9.17, 15) is 9.59 Å². The first-order valence-corrected chi connectivity index (χ1v) is 5.42. The van der Waals surface area contributed by atoms with Crippen LogP contribution in [0.3, 0.4) is 0 Å². The molecule has 0 unspecified atom stereocenters. The largest absolute Gasteiger partial charge is 0.461 e. The van der Waals surface area contributed by atoms with Crippen LogP contribution >= 0.6 is 0 Å². The summed E-state index contributed by atoms with van der Waals surface area (Å²) in [5.41, 5.74) is -0.386. The molecular weight excluding hydrogens is 206 g/mol. The molecule has 0 aromatic heterocycles. The SMILES string of the molecule is C=CCOC(=O)CCCNC(=O)C(C)(C)C.